The number of hydrogen-bond donors (Lipinski definition) is 1. The van der Waals surface area contributed by atoms with E-state index in [0.717, 1.165) is 25.0 Å². The molecule has 1 aromatic carbocycles. The van der Waals surface area contributed by atoms with Crippen molar-refractivity contribution in [2.45, 2.75) is 30.4 Å². The Morgan fingerprint density at radius 1 is 1.45 bits per heavy atom. The van der Waals surface area contributed by atoms with E-state index in [2.05, 4.69) is 10.1 Å². The van der Waals surface area contributed by atoms with Gasteiger partial charge < -0.3 is 10.1 Å². The van der Waals surface area contributed by atoms with Crippen molar-refractivity contribution in [2.75, 3.05) is 20.1 Å². The third-order valence-electron chi connectivity index (χ3n) is 3.55. The molecule has 1 fully saturated rings. The first-order chi connectivity index (χ1) is 10.3. The van der Waals surface area contributed by atoms with Crippen molar-refractivity contribution in [1.82, 2.24) is 9.62 Å². The first-order valence-corrected chi connectivity index (χ1v) is 8.58. The van der Waals surface area contributed by atoms with Crippen molar-refractivity contribution in [3.05, 3.63) is 23.2 Å². The maximum atomic E-state index is 12.6. The van der Waals surface area contributed by atoms with Crippen LogP contribution in [0.15, 0.2) is 23.1 Å². The molecule has 0 aromatic heterocycles. The highest BCUT2D eigenvalue weighted by atomic mass is 35.5. The molecule has 2 rings (SSSR count). The molecule has 1 aromatic rings. The number of sulfonamides is 1. The Labute approximate surface area is 133 Å². The second-order valence-corrected chi connectivity index (χ2v) is 7.31. The van der Waals surface area contributed by atoms with Crippen LogP contribution in [0, 0.1) is 0 Å². The monoisotopic (exact) mass is 354 g/mol. The first-order valence-electron chi connectivity index (χ1n) is 6.76. The van der Waals surface area contributed by atoms with E-state index in [1.807, 2.05) is 0 Å². The van der Waals surface area contributed by atoms with Crippen molar-refractivity contribution in [3.63, 3.8) is 0 Å². The summed E-state index contributed by atoms with van der Waals surface area (Å²) in [7, 11) is -1.92. The fraction of sp³-hybridized carbons (Fsp3) is 0.538. The van der Waals surface area contributed by atoms with Crippen LogP contribution in [-0.4, -0.2) is 45.5 Å². The lowest BCUT2D eigenvalue weighted by molar-refractivity contribution is -0.0498. The number of ether oxygens (including phenoxy) is 1. The summed E-state index contributed by atoms with van der Waals surface area (Å²) in [4.78, 5) is -0.0316. The molecular weight excluding hydrogens is 338 g/mol. The number of likely N-dealkylation sites (N-methyl/N-ethyl adjacent to an activating group) is 1. The third kappa shape index (κ3) is 3.87. The van der Waals surface area contributed by atoms with E-state index in [1.54, 1.807) is 7.05 Å². The Kier molecular flexibility index (Phi) is 5.60. The highest BCUT2D eigenvalue weighted by molar-refractivity contribution is 7.89. The zero-order valence-corrected chi connectivity index (χ0v) is 13.5. The second-order valence-electron chi connectivity index (χ2n) is 4.96. The van der Waals surface area contributed by atoms with Crippen LogP contribution < -0.4 is 10.1 Å². The van der Waals surface area contributed by atoms with Crippen molar-refractivity contribution in [3.8, 4) is 5.75 Å². The van der Waals surface area contributed by atoms with Gasteiger partial charge in [0, 0.05) is 19.1 Å². The number of rotatable bonds is 5. The molecule has 1 atom stereocenters. The predicted octanol–water partition coefficient (Wildman–Crippen LogP) is 2.31. The summed E-state index contributed by atoms with van der Waals surface area (Å²) in [5.41, 5.74) is 0. The molecule has 0 aliphatic carbocycles. The molecule has 0 saturated carbocycles. The van der Waals surface area contributed by atoms with Gasteiger partial charge in [-0.25, -0.2) is 8.42 Å². The highest BCUT2D eigenvalue weighted by Crippen LogP contribution is 2.30. The fourth-order valence-electron chi connectivity index (χ4n) is 2.38. The Morgan fingerprint density at radius 3 is 2.77 bits per heavy atom. The van der Waals surface area contributed by atoms with Crippen LogP contribution in [0.2, 0.25) is 5.02 Å². The topological polar surface area (TPSA) is 58.6 Å². The van der Waals surface area contributed by atoms with Crippen LogP contribution in [0.3, 0.4) is 0 Å². The van der Waals surface area contributed by atoms with E-state index in [0.29, 0.717) is 13.1 Å². The van der Waals surface area contributed by atoms with Gasteiger partial charge >= 0.3 is 6.61 Å². The zero-order valence-electron chi connectivity index (χ0n) is 11.9. The van der Waals surface area contributed by atoms with Crippen LogP contribution in [0.5, 0.6) is 5.75 Å². The van der Waals surface area contributed by atoms with Gasteiger partial charge in [-0.3, -0.25) is 0 Å². The lowest BCUT2D eigenvalue weighted by Gasteiger charge is -2.31. The van der Waals surface area contributed by atoms with Gasteiger partial charge in [-0.2, -0.15) is 13.1 Å². The Bertz CT molecular complexity index is 628. The average Bonchev–Trinajstić information content (AvgIpc) is 2.49. The molecule has 124 valence electrons. The van der Waals surface area contributed by atoms with Crippen LogP contribution in [0.4, 0.5) is 8.78 Å². The lowest BCUT2D eigenvalue weighted by atomic mass is 10.1. The SMILES string of the molecule is CNC1CCCN(S(=O)(=O)c2ccc(OC(F)F)c(Cl)c2)C1. The highest BCUT2D eigenvalue weighted by Gasteiger charge is 2.30. The minimum absolute atomic E-state index is 0.0316. The normalized spacial score (nSPS) is 20.3. The molecule has 1 N–H and O–H groups in total. The molecule has 22 heavy (non-hydrogen) atoms. The quantitative estimate of drug-likeness (QED) is 0.881. The van der Waals surface area contributed by atoms with Crippen molar-refractivity contribution >= 4 is 21.6 Å². The molecule has 1 saturated heterocycles. The van der Waals surface area contributed by atoms with Crippen LogP contribution in [0.25, 0.3) is 0 Å². The second kappa shape index (κ2) is 7.08. The van der Waals surface area contributed by atoms with Crippen molar-refractivity contribution in [2.24, 2.45) is 0 Å². The summed E-state index contributed by atoms with van der Waals surface area (Å²) in [5.74, 6) is -0.248. The Balaban J connectivity index is 2.24. The van der Waals surface area contributed by atoms with E-state index in [-0.39, 0.29) is 21.7 Å². The van der Waals surface area contributed by atoms with Gasteiger partial charge in [0.2, 0.25) is 10.0 Å². The van der Waals surface area contributed by atoms with Crippen LogP contribution >= 0.6 is 11.6 Å². The summed E-state index contributed by atoms with van der Waals surface area (Å²) in [6, 6.07) is 3.60. The van der Waals surface area contributed by atoms with Gasteiger partial charge in [0.05, 0.1) is 9.92 Å². The number of hydrogen-bond acceptors (Lipinski definition) is 4. The van der Waals surface area contributed by atoms with Crippen LogP contribution in [0.1, 0.15) is 12.8 Å². The maximum absolute atomic E-state index is 12.6. The largest absolute Gasteiger partial charge is 0.433 e. The van der Waals surface area contributed by atoms with E-state index >= 15 is 0 Å². The molecule has 1 heterocycles. The van der Waals surface area contributed by atoms with Gasteiger partial charge in [0.15, 0.2) is 0 Å². The number of alkyl halides is 2. The van der Waals surface area contributed by atoms with E-state index in [1.165, 1.54) is 10.4 Å². The number of nitrogens with zero attached hydrogens (tertiary/aromatic N) is 1. The van der Waals surface area contributed by atoms with E-state index < -0.39 is 16.6 Å². The first kappa shape index (κ1) is 17.4. The molecule has 5 nitrogen and oxygen atoms in total. The average molecular weight is 355 g/mol. The standard InChI is InChI=1S/C13H17ClF2N2O3S/c1-17-9-3-2-6-18(8-9)22(19,20)10-4-5-12(11(14)7-10)21-13(15)16/h4-5,7,9,13,17H,2-3,6,8H2,1H3. The smallest absolute Gasteiger partial charge is 0.387 e. The zero-order chi connectivity index (χ0) is 16.3. The van der Waals surface area contributed by atoms with Crippen LogP contribution in [-0.2, 0) is 10.0 Å². The summed E-state index contributed by atoms with van der Waals surface area (Å²) < 4.78 is 55.1. The third-order valence-corrected chi connectivity index (χ3v) is 5.71. The molecule has 0 radical (unpaired) electrons. The predicted molar refractivity (Wildman–Crippen MR) is 78.9 cm³/mol. The Morgan fingerprint density at radius 2 is 2.18 bits per heavy atom. The molecule has 1 unspecified atom stereocenters. The maximum Gasteiger partial charge on any atom is 0.387 e. The summed E-state index contributed by atoms with van der Waals surface area (Å²) in [6.07, 6.45) is 1.66. The Hall–Kier alpha value is -0.960. The van der Waals surface area contributed by atoms with Crippen molar-refractivity contribution < 1.29 is 21.9 Å². The summed E-state index contributed by atoms with van der Waals surface area (Å²) in [5, 5.41) is 2.90. The number of halogens is 3. The van der Waals surface area contributed by atoms with E-state index in [4.69, 9.17) is 11.6 Å². The van der Waals surface area contributed by atoms with E-state index in [9.17, 15) is 17.2 Å². The van der Waals surface area contributed by atoms with Gasteiger partial charge in [-0.1, -0.05) is 11.6 Å². The van der Waals surface area contributed by atoms with Gasteiger partial charge in [0.1, 0.15) is 5.75 Å². The summed E-state index contributed by atoms with van der Waals surface area (Å²) >= 11 is 5.82. The summed E-state index contributed by atoms with van der Waals surface area (Å²) in [6.45, 7) is -2.22. The molecule has 0 spiro atoms. The van der Waals surface area contributed by atoms with Crippen molar-refractivity contribution in [1.29, 1.82) is 0 Å². The molecule has 0 amide bonds. The lowest BCUT2D eigenvalue weighted by Crippen LogP contribution is -2.46. The van der Waals surface area contributed by atoms with Gasteiger partial charge in [-0.15, -0.1) is 0 Å². The number of benzene rings is 1. The number of piperidine rings is 1. The van der Waals surface area contributed by atoms with Gasteiger partial charge in [-0.05, 0) is 38.1 Å². The molecule has 0 bridgehead atoms. The molecule has 1 aliphatic rings. The molecule has 1 aliphatic heterocycles. The van der Waals surface area contributed by atoms with Gasteiger partial charge in [0.25, 0.3) is 0 Å². The minimum atomic E-state index is -3.71. The fourth-order valence-corrected chi connectivity index (χ4v) is 4.22. The number of nitrogens with one attached hydrogen (secondary N) is 1. The minimum Gasteiger partial charge on any atom is -0.433 e. The molecular formula is C13H17ClF2N2O3S. The molecule has 9 heteroatoms.